The minimum Gasteiger partial charge on any atom is -0.462 e. The van der Waals surface area contributed by atoms with Gasteiger partial charge < -0.3 is 4.74 Å². The summed E-state index contributed by atoms with van der Waals surface area (Å²) >= 11 is 0. The van der Waals surface area contributed by atoms with Crippen LogP contribution >= 0.6 is 0 Å². The van der Waals surface area contributed by atoms with Crippen LogP contribution in [0.1, 0.15) is 120 Å². The molecule has 2 nitrogen and oxygen atoms in total. The maximum absolute atomic E-state index is 11.8. The number of carbonyl (C=O) groups is 1. The molecule has 0 aliphatic heterocycles. The van der Waals surface area contributed by atoms with Crippen molar-refractivity contribution in [2.24, 2.45) is 0 Å². The van der Waals surface area contributed by atoms with E-state index in [0.717, 1.165) is 6.42 Å². The molecule has 0 heterocycles. The molecule has 3 heteroatoms. The van der Waals surface area contributed by atoms with Gasteiger partial charge in [0.1, 0.15) is 0 Å². The van der Waals surface area contributed by atoms with Crippen LogP contribution in [0.3, 0.4) is 0 Å². The Hall–Kier alpha value is -0.310. The number of ether oxygens (including phenoxy) is 1. The molecular weight excluding hydrogens is 355 g/mol. The second kappa shape index (κ2) is 21.4. The van der Waals surface area contributed by atoms with Crippen molar-refractivity contribution >= 4 is 35.5 Å². The van der Waals surface area contributed by atoms with Gasteiger partial charge in [-0.15, -0.1) is 0 Å². The van der Waals surface area contributed by atoms with Gasteiger partial charge in [0.05, 0.1) is 12.2 Å². The summed E-state index contributed by atoms with van der Waals surface area (Å²) in [5.41, 5.74) is 0.647. The van der Waals surface area contributed by atoms with Crippen molar-refractivity contribution in [3.8, 4) is 0 Å². The van der Waals surface area contributed by atoms with Gasteiger partial charge in [0, 0.05) is 29.6 Å². The predicted octanol–water partition coefficient (Wildman–Crippen LogP) is 7.72. The summed E-state index contributed by atoms with van der Waals surface area (Å²) in [7, 11) is 0. The molecule has 0 saturated heterocycles. The van der Waals surface area contributed by atoms with Gasteiger partial charge in [0.15, 0.2) is 0 Å². The van der Waals surface area contributed by atoms with Crippen LogP contribution in [0, 0.1) is 0 Å². The Morgan fingerprint density at radius 3 is 1.46 bits per heavy atom. The Morgan fingerprint density at radius 1 is 0.643 bits per heavy atom. The Bertz CT molecular complexity index is 447. The predicted molar refractivity (Wildman–Crippen MR) is 122 cm³/mol. The molecule has 1 aromatic carbocycles. The molecule has 0 aromatic heterocycles. The zero-order chi connectivity index (χ0) is 19.4. The minimum absolute atomic E-state index is 0. The van der Waals surface area contributed by atoms with Crippen molar-refractivity contribution in [2.45, 2.75) is 110 Å². The third kappa shape index (κ3) is 16.6. The van der Waals surface area contributed by atoms with Gasteiger partial charge in [0.25, 0.3) is 0 Å². The number of benzene rings is 1. The van der Waals surface area contributed by atoms with E-state index in [1.807, 2.05) is 18.2 Å². The van der Waals surface area contributed by atoms with Gasteiger partial charge in [-0.1, -0.05) is 121 Å². The molecule has 0 aliphatic carbocycles. The molecule has 0 atom stereocenters. The van der Waals surface area contributed by atoms with Crippen molar-refractivity contribution < 1.29 is 9.53 Å². The number of hydrogen-bond donors (Lipinski definition) is 0. The van der Waals surface area contributed by atoms with Crippen LogP contribution in [0.5, 0.6) is 0 Å². The van der Waals surface area contributed by atoms with Crippen LogP contribution in [0.15, 0.2) is 30.3 Å². The number of unbranched alkanes of at least 4 members (excludes halogenated alkanes) is 15. The molecule has 0 unspecified atom stereocenters. The molecule has 0 fully saturated rings. The van der Waals surface area contributed by atoms with Gasteiger partial charge in [-0.3, -0.25) is 0 Å². The fourth-order valence-corrected chi connectivity index (χ4v) is 3.47. The molecule has 0 saturated carbocycles. The van der Waals surface area contributed by atoms with Gasteiger partial charge in [0.2, 0.25) is 0 Å². The number of carbonyl (C=O) groups excluding carboxylic acids is 1. The van der Waals surface area contributed by atoms with Crippen LogP contribution in [-0.2, 0) is 4.74 Å². The largest absolute Gasteiger partial charge is 0.462 e. The van der Waals surface area contributed by atoms with Gasteiger partial charge in [-0.05, 0) is 18.6 Å². The van der Waals surface area contributed by atoms with Crippen LogP contribution in [0.4, 0.5) is 0 Å². The molecule has 1 aromatic rings. The van der Waals surface area contributed by atoms with Crippen LogP contribution < -0.4 is 0 Å². The fraction of sp³-hybridized carbons (Fsp3) is 0.720. The van der Waals surface area contributed by atoms with E-state index in [0.29, 0.717) is 12.2 Å². The van der Waals surface area contributed by atoms with E-state index in [4.69, 9.17) is 4.74 Å². The SMILES string of the molecule is CCCCCCCCCCCCCCCCCCOC(=O)c1ccccc1.[Na]. The van der Waals surface area contributed by atoms with Crippen LogP contribution in [0.25, 0.3) is 0 Å². The summed E-state index contributed by atoms with van der Waals surface area (Å²) < 4.78 is 5.31. The summed E-state index contributed by atoms with van der Waals surface area (Å²) in [4.78, 5) is 11.8. The van der Waals surface area contributed by atoms with Gasteiger partial charge in [-0.25, -0.2) is 4.79 Å². The Morgan fingerprint density at radius 2 is 1.04 bits per heavy atom. The molecule has 0 spiro atoms. The average molecular weight is 398 g/mol. The smallest absolute Gasteiger partial charge is 0.338 e. The molecular formula is C25H42NaO2. The molecule has 28 heavy (non-hydrogen) atoms. The first-order valence-electron chi connectivity index (χ1n) is 11.6. The topological polar surface area (TPSA) is 26.3 Å². The first-order chi connectivity index (χ1) is 13.3. The van der Waals surface area contributed by atoms with E-state index in [1.165, 1.54) is 96.3 Å². The zero-order valence-corrected chi connectivity index (χ0v) is 20.7. The molecule has 155 valence electrons. The van der Waals surface area contributed by atoms with Crippen molar-refractivity contribution in [1.29, 1.82) is 0 Å². The molecule has 0 aliphatic rings. The molecule has 0 bridgehead atoms. The summed E-state index contributed by atoms with van der Waals surface area (Å²) in [6, 6.07) is 9.24. The van der Waals surface area contributed by atoms with E-state index in [2.05, 4.69) is 6.92 Å². The minimum atomic E-state index is -0.198. The number of hydrogen-bond acceptors (Lipinski definition) is 2. The Kier molecular flexibility index (Phi) is 21.2. The molecule has 1 radical (unpaired) electrons. The monoisotopic (exact) mass is 397 g/mol. The van der Waals surface area contributed by atoms with Crippen LogP contribution in [0.2, 0.25) is 0 Å². The summed E-state index contributed by atoms with van der Waals surface area (Å²) in [5, 5.41) is 0. The Labute approximate surface area is 196 Å². The third-order valence-electron chi connectivity index (χ3n) is 5.24. The summed E-state index contributed by atoms with van der Waals surface area (Å²) in [5.74, 6) is -0.198. The van der Waals surface area contributed by atoms with Crippen molar-refractivity contribution in [3.05, 3.63) is 35.9 Å². The van der Waals surface area contributed by atoms with E-state index in [1.54, 1.807) is 12.1 Å². The van der Waals surface area contributed by atoms with E-state index >= 15 is 0 Å². The molecule has 1 rings (SSSR count). The van der Waals surface area contributed by atoms with Crippen molar-refractivity contribution in [2.75, 3.05) is 6.61 Å². The van der Waals surface area contributed by atoms with Gasteiger partial charge >= 0.3 is 5.97 Å². The first kappa shape index (κ1) is 27.7. The maximum atomic E-state index is 11.8. The normalized spacial score (nSPS) is 10.5. The molecule has 0 amide bonds. The standard InChI is InChI=1S/C25H42O2.Na/c1-2-3-4-5-6-7-8-9-10-11-12-13-14-15-16-20-23-27-25(26)24-21-18-17-19-22-24;/h17-19,21-22H,2-16,20,23H2,1H3;. The molecule has 0 N–H and O–H groups in total. The van der Waals surface area contributed by atoms with Crippen LogP contribution in [-0.4, -0.2) is 42.1 Å². The average Bonchev–Trinajstić information content (AvgIpc) is 2.70. The second-order valence-electron chi connectivity index (χ2n) is 7.81. The number of esters is 1. The Balaban J connectivity index is 0.00000729. The number of rotatable bonds is 18. The van der Waals surface area contributed by atoms with E-state index in [-0.39, 0.29) is 35.5 Å². The second-order valence-corrected chi connectivity index (χ2v) is 7.81. The third-order valence-corrected chi connectivity index (χ3v) is 5.24. The van der Waals surface area contributed by atoms with Crippen molar-refractivity contribution in [3.63, 3.8) is 0 Å². The zero-order valence-electron chi connectivity index (χ0n) is 18.7. The summed E-state index contributed by atoms with van der Waals surface area (Å²) in [6.45, 7) is 2.83. The quantitative estimate of drug-likeness (QED) is 0.144. The van der Waals surface area contributed by atoms with Gasteiger partial charge in [-0.2, -0.15) is 0 Å². The summed E-state index contributed by atoms with van der Waals surface area (Å²) in [6.07, 6.45) is 21.7. The van der Waals surface area contributed by atoms with E-state index < -0.39 is 0 Å². The first-order valence-corrected chi connectivity index (χ1v) is 11.6. The van der Waals surface area contributed by atoms with Crippen molar-refractivity contribution in [1.82, 2.24) is 0 Å². The fourth-order valence-electron chi connectivity index (χ4n) is 3.47. The van der Waals surface area contributed by atoms with E-state index in [9.17, 15) is 4.79 Å². The maximum Gasteiger partial charge on any atom is 0.338 e.